The highest BCUT2D eigenvalue weighted by Gasteiger charge is 2.10. The van der Waals surface area contributed by atoms with E-state index < -0.39 is 0 Å². The second-order valence-electron chi connectivity index (χ2n) is 6.04. The molecule has 0 aliphatic rings. The summed E-state index contributed by atoms with van der Waals surface area (Å²) in [5.74, 6) is -0.701. The predicted molar refractivity (Wildman–Crippen MR) is 97.3 cm³/mol. The van der Waals surface area contributed by atoms with Gasteiger partial charge in [-0.1, -0.05) is 35.9 Å². The van der Waals surface area contributed by atoms with Crippen LogP contribution in [0.15, 0.2) is 60.7 Å². The number of anilines is 1. The lowest BCUT2D eigenvalue weighted by molar-refractivity contribution is -0.116. The van der Waals surface area contributed by atoms with Crippen LogP contribution in [-0.4, -0.2) is 11.7 Å². The minimum atomic E-state index is -0.361. The van der Waals surface area contributed by atoms with E-state index in [9.17, 15) is 14.0 Å². The lowest BCUT2D eigenvalue weighted by Gasteiger charge is -2.06. The Bertz CT molecular complexity index is 932. The fraction of sp³-hybridized carbons (Fsp3) is 0.143. The van der Waals surface area contributed by atoms with Crippen LogP contribution in [0.5, 0.6) is 0 Å². The standard InChI is InChI=1S/C21H18FNO2/c1-14-2-3-16-13-17(5-4-15(16)12-14)20(24)10-11-21(25)23-19-8-6-18(22)7-9-19/h2-9,12-13H,10-11H2,1H3,(H,23,25). The molecule has 3 nitrogen and oxygen atoms in total. The van der Waals surface area contributed by atoms with Crippen LogP contribution in [0.3, 0.4) is 0 Å². The molecule has 0 aromatic heterocycles. The highest BCUT2D eigenvalue weighted by Crippen LogP contribution is 2.19. The summed E-state index contributed by atoms with van der Waals surface area (Å²) in [5.41, 5.74) is 2.29. The van der Waals surface area contributed by atoms with Gasteiger partial charge in [0, 0.05) is 24.1 Å². The summed E-state index contributed by atoms with van der Waals surface area (Å²) in [7, 11) is 0. The summed E-state index contributed by atoms with van der Waals surface area (Å²) in [4.78, 5) is 24.3. The lowest BCUT2D eigenvalue weighted by Crippen LogP contribution is -2.13. The van der Waals surface area contributed by atoms with Gasteiger partial charge in [0.2, 0.25) is 5.91 Å². The number of ketones is 1. The van der Waals surface area contributed by atoms with Gasteiger partial charge < -0.3 is 5.32 Å². The Morgan fingerprint density at radius 2 is 1.56 bits per heavy atom. The number of rotatable bonds is 5. The number of nitrogens with one attached hydrogen (secondary N) is 1. The molecule has 0 heterocycles. The molecule has 3 rings (SSSR count). The molecule has 0 atom stereocenters. The number of benzene rings is 3. The molecule has 0 radical (unpaired) electrons. The third kappa shape index (κ3) is 4.29. The Hall–Kier alpha value is -3.01. The fourth-order valence-corrected chi connectivity index (χ4v) is 2.67. The first-order chi connectivity index (χ1) is 12.0. The molecular weight excluding hydrogens is 317 g/mol. The van der Waals surface area contributed by atoms with Crippen LogP contribution in [0.1, 0.15) is 28.8 Å². The van der Waals surface area contributed by atoms with Crippen molar-refractivity contribution in [3.05, 3.63) is 77.6 Å². The second kappa shape index (κ2) is 7.26. The van der Waals surface area contributed by atoms with Crippen molar-refractivity contribution in [2.45, 2.75) is 19.8 Å². The molecule has 0 saturated carbocycles. The molecule has 0 fully saturated rings. The summed E-state index contributed by atoms with van der Waals surface area (Å²) in [5, 5.41) is 4.75. The van der Waals surface area contributed by atoms with Crippen molar-refractivity contribution in [3.63, 3.8) is 0 Å². The van der Waals surface area contributed by atoms with E-state index in [0.29, 0.717) is 11.3 Å². The first-order valence-electron chi connectivity index (χ1n) is 8.10. The molecular formula is C21H18FNO2. The van der Waals surface area contributed by atoms with Crippen LogP contribution in [0, 0.1) is 12.7 Å². The number of aryl methyl sites for hydroxylation is 1. The molecule has 3 aromatic carbocycles. The third-order valence-corrected chi connectivity index (χ3v) is 4.02. The molecule has 0 unspecified atom stereocenters. The van der Waals surface area contributed by atoms with Gasteiger partial charge in [0.15, 0.2) is 5.78 Å². The van der Waals surface area contributed by atoms with Crippen molar-refractivity contribution in [1.29, 1.82) is 0 Å². The number of hydrogen-bond donors (Lipinski definition) is 1. The minimum Gasteiger partial charge on any atom is -0.326 e. The second-order valence-corrected chi connectivity index (χ2v) is 6.04. The fourth-order valence-electron chi connectivity index (χ4n) is 2.67. The molecule has 0 aliphatic carbocycles. The molecule has 1 amide bonds. The molecule has 0 aliphatic heterocycles. The largest absolute Gasteiger partial charge is 0.326 e. The van der Waals surface area contributed by atoms with E-state index in [1.165, 1.54) is 29.8 Å². The van der Waals surface area contributed by atoms with Gasteiger partial charge in [0.05, 0.1) is 0 Å². The maximum atomic E-state index is 12.8. The predicted octanol–water partition coefficient (Wildman–Crippen LogP) is 4.89. The average molecular weight is 335 g/mol. The van der Waals surface area contributed by atoms with Gasteiger partial charge in [-0.3, -0.25) is 9.59 Å². The lowest BCUT2D eigenvalue weighted by atomic mass is 10.0. The van der Waals surface area contributed by atoms with Gasteiger partial charge in [-0.2, -0.15) is 0 Å². The highest BCUT2D eigenvalue weighted by atomic mass is 19.1. The Kier molecular flexibility index (Phi) is 4.89. The van der Waals surface area contributed by atoms with Gasteiger partial charge in [-0.05, 0) is 48.0 Å². The van der Waals surface area contributed by atoms with E-state index in [1.54, 1.807) is 6.07 Å². The van der Waals surface area contributed by atoms with E-state index in [0.717, 1.165) is 10.8 Å². The van der Waals surface area contributed by atoms with Crippen LogP contribution in [0.25, 0.3) is 10.8 Å². The van der Waals surface area contributed by atoms with Crippen LogP contribution in [0.4, 0.5) is 10.1 Å². The monoisotopic (exact) mass is 335 g/mol. The number of amides is 1. The summed E-state index contributed by atoms with van der Waals surface area (Å²) in [6, 6.07) is 17.2. The zero-order chi connectivity index (χ0) is 17.8. The van der Waals surface area contributed by atoms with Crippen molar-refractivity contribution in [2.75, 3.05) is 5.32 Å². The topological polar surface area (TPSA) is 46.2 Å². The maximum absolute atomic E-state index is 12.8. The molecule has 3 aromatic rings. The molecule has 0 bridgehead atoms. The summed E-state index contributed by atoms with van der Waals surface area (Å²) in [6.07, 6.45) is 0.215. The number of fused-ring (bicyclic) bond motifs is 1. The van der Waals surface area contributed by atoms with Crippen LogP contribution in [0.2, 0.25) is 0 Å². The third-order valence-electron chi connectivity index (χ3n) is 4.02. The van der Waals surface area contributed by atoms with Gasteiger partial charge in [0.25, 0.3) is 0 Å². The average Bonchev–Trinajstić information content (AvgIpc) is 2.61. The van der Waals surface area contributed by atoms with Gasteiger partial charge in [-0.15, -0.1) is 0 Å². The smallest absolute Gasteiger partial charge is 0.224 e. The number of Topliss-reactive ketones (excluding diaryl/α,β-unsaturated/α-hetero) is 1. The van der Waals surface area contributed by atoms with E-state index in [-0.39, 0.29) is 30.3 Å². The van der Waals surface area contributed by atoms with Gasteiger partial charge in [0.1, 0.15) is 5.82 Å². The van der Waals surface area contributed by atoms with Gasteiger partial charge in [-0.25, -0.2) is 4.39 Å². The van der Waals surface area contributed by atoms with Crippen LogP contribution < -0.4 is 5.32 Å². The number of carbonyl (C=O) groups excluding carboxylic acids is 2. The number of hydrogen-bond acceptors (Lipinski definition) is 2. The minimum absolute atomic E-state index is 0.0725. The Morgan fingerprint density at radius 1 is 0.880 bits per heavy atom. The zero-order valence-electron chi connectivity index (χ0n) is 13.9. The molecule has 1 N–H and O–H groups in total. The van der Waals surface area contributed by atoms with Crippen molar-refractivity contribution < 1.29 is 14.0 Å². The molecule has 25 heavy (non-hydrogen) atoms. The van der Waals surface area contributed by atoms with Crippen molar-refractivity contribution >= 4 is 28.2 Å². The van der Waals surface area contributed by atoms with Crippen LogP contribution >= 0.6 is 0 Å². The molecule has 0 saturated heterocycles. The number of carbonyl (C=O) groups is 2. The Morgan fingerprint density at radius 3 is 2.32 bits per heavy atom. The summed E-state index contributed by atoms with van der Waals surface area (Å²) < 4.78 is 12.8. The van der Waals surface area contributed by atoms with Crippen molar-refractivity contribution in [1.82, 2.24) is 0 Å². The highest BCUT2D eigenvalue weighted by molar-refractivity contribution is 6.02. The van der Waals surface area contributed by atoms with Crippen LogP contribution in [-0.2, 0) is 4.79 Å². The molecule has 4 heteroatoms. The zero-order valence-corrected chi connectivity index (χ0v) is 13.9. The first-order valence-corrected chi connectivity index (χ1v) is 8.10. The normalized spacial score (nSPS) is 10.6. The molecule has 0 spiro atoms. The summed E-state index contributed by atoms with van der Waals surface area (Å²) >= 11 is 0. The van der Waals surface area contributed by atoms with Crippen molar-refractivity contribution in [2.24, 2.45) is 0 Å². The Labute approximate surface area is 145 Å². The summed E-state index contributed by atoms with van der Waals surface area (Å²) in [6.45, 7) is 2.03. The maximum Gasteiger partial charge on any atom is 0.224 e. The van der Waals surface area contributed by atoms with E-state index in [4.69, 9.17) is 0 Å². The first kappa shape index (κ1) is 16.8. The van der Waals surface area contributed by atoms with E-state index in [1.807, 2.05) is 31.2 Å². The SMILES string of the molecule is Cc1ccc2cc(C(=O)CCC(=O)Nc3ccc(F)cc3)ccc2c1. The Balaban J connectivity index is 1.61. The van der Waals surface area contributed by atoms with E-state index in [2.05, 4.69) is 11.4 Å². The number of halogens is 1. The van der Waals surface area contributed by atoms with Crippen molar-refractivity contribution in [3.8, 4) is 0 Å². The van der Waals surface area contributed by atoms with Gasteiger partial charge >= 0.3 is 0 Å². The molecule has 126 valence electrons. The quantitative estimate of drug-likeness (QED) is 0.675. The van der Waals surface area contributed by atoms with E-state index >= 15 is 0 Å².